The normalized spacial score (nSPS) is 10.6. The Balaban J connectivity index is 1.77. The van der Waals surface area contributed by atoms with Crippen LogP contribution in [0.3, 0.4) is 0 Å². The summed E-state index contributed by atoms with van der Waals surface area (Å²) in [6, 6.07) is 31.2. The van der Waals surface area contributed by atoms with Crippen molar-refractivity contribution in [2.45, 2.75) is 0 Å². The fraction of sp³-hybridized carbons (Fsp3) is 0.0400. The minimum Gasteiger partial charge on any atom is -0.497 e. The molecule has 0 spiro atoms. The summed E-state index contributed by atoms with van der Waals surface area (Å²) in [6.07, 6.45) is 0. The van der Waals surface area contributed by atoms with Crippen molar-refractivity contribution in [1.29, 1.82) is 0 Å². The second-order valence-electron chi connectivity index (χ2n) is 6.33. The minimum absolute atomic E-state index is 0.232. The Morgan fingerprint density at radius 3 is 1.81 bits per heavy atom. The second-order valence-corrected chi connectivity index (χ2v) is 6.33. The van der Waals surface area contributed by atoms with E-state index < -0.39 is 0 Å². The lowest BCUT2D eigenvalue weighted by molar-refractivity contribution is 0.415. The lowest BCUT2D eigenvalue weighted by Gasteiger charge is -2.13. The zero-order valence-electron chi connectivity index (χ0n) is 15.0. The molecule has 0 aliphatic rings. The Morgan fingerprint density at radius 2 is 1.15 bits per heavy atom. The van der Waals surface area contributed by atoms with Crippen LogP contribution in [-0.4, -0.2) is 7.11 Å². The van der Waals surface area contributed by atoms with Crippen LogP contribution in [0, 0.1) is 5.82 Å². The van der Waals surface area contributed by atoms with Gasteiger partial charge in [-0.2, -0.15) is 0 Å². The summed E-state index contributed by atoms with van der Waals surface area (Å²) < 4.78 is 19.9. The molecule has 4 rings (SSSR count). The molecule has 0 radical (unpaired) electrons. The van der Waals surface area contributed by atoms with Crippen molar-refractivity contribution in [2.75, 3.05) is 7.11 Å². The van der Waals surface area contributed by atoms with Gasteiger partial charge in [0.1, 0.15) is 11.6 Å². The van der Waals surface area contributed by atoms with Gasteiger partial charge in [0.25, 0.3) is 0 Å². The minimum atomic E-state index is -0.232. The van der Waals surface area contributed by atoms with Crippen LogP contribution in [0.25, 0.3) is 33.4 Å². The fourth-order valence-electron chi connectivity index (χ4n) is 3.29. The summed E-state index contributed by atoms with van der Waals surface area (Å²) >= 11 is 0. The van der Waals surface area contributed by atoms with E-state index in [1.54, 1.807) is 13.2 Å². The number of hydrogen-bond donors (Lipinski definition) is 0. The summed E-state index contributed by atoms with van der Waals surface area (Å²) in [5.74, 6) is 0.522. The van der Waals surface area contributed by atoms with E-state index in [4.69, 9.17) is 4.74 Å². The molecule has 4 aromatic rings. The Morgan fingerprint density at radius 1 is 0.556 bits per heavy atom. The van der Waals surface area contributed by atoms with Crippen LogP contribution in [0.1, 0.15) is 0 Å². The van der Waals surface area contributed by atoms with Crippen molar-refractivity contribution < 1.29 is 9.13 Å². The smallest absolute Gasteiger partial charge is 0.131 e. The molecule has 27 heavy (non-hydrogen) atoms. The molecule has 1 nitrogen and oxygen atoms in total. The van der Waals surface area contributed by atoms with Gasteiger partial charge in [-0.15, -0.1) is 0 Å². The summed E-state index contributed by atoms with van der Waals surface area (Å²) in [7, 11) is 1.62. The van der Waals surface area contributed by atoms with Gasteiger partial charge in [-0.3, -0.25) is 0 Å². The van der Waals surface area contributed by atoms with Gasteiger partial charge in [0.05, 0.1) is 7.11 Å². The third-order valence-electron chi connectivity index (χ3n) is 4.70. The molecule has 0 amide bonds. The van der Waals surface area contributed by atoms with Crippen LogP contribution in [0.4, 0.5) is 4.39 Å². The zero-order valence-corrected chi connectivity index (χ0v) is 15.0. The number of benzene rings is 4. The van der Waals surface area contributed by atoms with Crippen LogP contribution < -0.4 is 4.74 Å². The first kappa shape index (κ1) is 17.0. The third-order valence-corrected chi connectivity index (χ3v) is 4.70. The van der Waals surface area contributed by atoms with Crippen LogP contribution in [-0.2, 0) is 0 Å². The van der Waals surface area contributed by atoms with Gasteiger partial charge in [-0.1, -0.05) is 78.9 Å². The largest absolute Gasteiger partial charge is 0.497 e. The number of halogens is 1. The van der Waals surface area contributed by atoms with Gasteiger partial charge in [0, 0.05) is 5.56 Å². The average Bonchev–Trinajstić information content (AvgIpc) is 2.74. The third kappa shape index (κ3) is 3.47. The molecule has 0 aromatic heterocycles. The molecular weight excluding hydrogens is 335 g/mol. The number of rotatable bonds is 4. The fourth-order valence-corrected chi connectivity index (χ4v) is 3.29. The van der Waals surface area contributed by atoms with Gasteiger partial charge in [0.2, 0.25) is 0 Å². The molecule has 0 heterocycles. The Kier molecular flexibility index (Phi) is 4.71. The molecule has 2 heteroatoms. The first-order valence-corrected chi connectivity index (χ1v) is 8.85. The van der Waals surface area contributed by atoms with Crippen molar-refractivity contribution in [1.82, 2.24) is 0 Å². The van der Waals surface area contributed by atoms with E-state index in [9.17, 15) is 4.39 Å². The summed E-state index contributed by atoms with van der Waals surface area (Å²) in [5.41, 5.74) is 5.60. The molecule has 0 aliphatic heterocycles. The lowest BCUT2D eigenvalue weighted by atomic mass is 9.93. The predicted octanol–water partition coefficient (Wildman–Crippen LogP) is 6.84. The molecule has 4 aromatic carbocycles. The van der Waals surface area contributed by atoms with Gasteiger partial charge in [0.15, 0.2) is 0 Å². The number of hydrogen-bond acceptors (Lipinski definition) is 1. The summed E-state index contributed by atoms with van der Waals surface area (Å²) in [5, 5.41) is 0. The quantitative estimate of drug-likeness (QED) is 0.390. The summed E-state index contributed by atoms with van der Waals surface area (Å²) in [6.45, 7) is 0. The average molecular weight is 354 g/mol. The van der Waals surface area contributed by atoms with Crippen molar-refractivity contribution in [2.24, 2.45) is 0 Å². The van der Waals surface area contributed by atoms with E-state index in [0.717, 1.165) is 28.0 Å². The lowest BCUT2D eigenvalue weighted by Crippen LogP contribution is -1.91. The number of ether oxygens (including phenoxy) is 1. The first-order chi connectivity index (χ1) is 13.3. The monoisotopic (exact) mass is 354 g/mol. The molecule has 0 unspecified atom stereocenters. The highest BCUT2D eigenvalue weighted by Gasteiger charge is 2.13. The molecule has 0 bridgehead atoms. The van der Waals surface area contributed by atoms with Crippen molar-refractivity contribution >= 4 is 0 Å². The van der Waals surface area contributed by atoms with Crippen molar-refractivity contribution in [3.8, 4) is 39.1 Å². The zero-order chi connectivity index (χ0) is 18.6. The topological polar surface area (TPSA) is 9.23 Å². The highest BCUT2D eigenvalue weighted by atomic mass is 19.1. The first-order valence-electron chi connectivity index (χ1n) is 8.85. The molecular formula is C25H19FO. The Labute approximate surface area is 158 Å². The van der Waals surface area contributed by atoms with Gasteiger partial charge in [-0.05, 0) is 46.0 Å². The molecule has 132 valence electrons. The van der Waals surface area contributed by atoms with Crippen LogP contribution in [0.5, 0.6) is 5.75 Å². The van der Waals surface area contributed by atoms with E-state index in [1.807, 2.05) is 60.7 Å². The van der Waals surface area contributed by atoms with Gasteiger partial charge >= 0.3 is 0 Å². The van der Waals surface area contributed by atoms with Crippen LogP contribution in [0.2, 0.25) is 0 Å². The molecule has 0 saturated carbocycles. The van der Waals surface area contributed by atoms with E-state index in [1.165, 1.54) is 11.6 Å². The Bertz CT molecular complexity index is 1040. The predicted molar refractivity (Wildman–Crippen MR) is 109 cm³/mol. The Hall–Kier alpha value is -3.39. The summed E-state index contributed by atoms with van der Waals surface area (Å²) in [4.78, 5) is 0. The number of methoxy groups -OCH3 is 1. The second kappa shape index (κ2) is 7.46. The molecule has 0 saturated heterocycles. The van der Waals surface area contributed by atoms with E-state index in [2.05, 4.69) is 24.3 Å². The van der Waals surface area contributed by atoms with E-state index >= 15 is 0 Å². The molecule has 0 fully saturated rings. The molecule has 0 atom stereocenters. The maximum Gasteiger partial charge on any atom is 0.131 e. The standard InChI is InChI=1S/C25H19FO/c1-27-22-16-14-21(15-17-22)25-23(8-5-9-24(25)26)20-12-10-19(11-13-20)18-6-3-2-4-7-18/h2-17H,1H3. The SMILES string of the molecule is COc1ccc(-c2c(F)cccc2-c2ccc(-c3ccccc3)cc2)cc1. The van der Waals surface area contributed by atoms with Crippen LogP contribution >= 0.6 is 0 Å². The molecule has 0 aliphatic carbocycles. The van der Waals surface area contributed by atoms with Gasteiger partial charge < -0.3 is 4.74 Å². The molecule has 0 N–H and O–H groups in total. The highest BCUT2D eigenvalue weighted by molar-refractivity contribution is 5.84. The maximum absolute atomic E-state index is 14.7. The highest BCUT2D eigenvalue weighted by Crippen LogP contribution is 2.35. The van der Waals surface area contributed by atoms with E-state index in [-0.39, 0.29) is 5.82 Å². The van der Waals surface area contributed by atoms with Crippen molar-refractivity contribution in [3.63, 3.8) is 0 Å². The van der Waals surface area contributed by atoms with Crippen molar-refractivity contribution in [3.05, 3.63) is 103 Å². The van der Waals surface area contributed by atoms with Crippen LogP contribution in [0.15, 0.2) is 97.1 Å². The van der Waals surface area contributed by atoms with E-state index in [0.29, 0.717) is 5.56 Å². The maximum atomic E-state index is 14.7. The van der Waals surface area contributed by atoms with Gasteiger partial charge in [-0.25, -0.2) is 4.39 Å².